The van der Waals surface area contributed by atoms with Gasteiger partial charge < -0.3 is 10.6 Å². The van der Waals surface area contributed by atoms with Gasteiger partial charge in [0.25, 0.3) is 0 Å². The monoisotopic (exact) mass is 295 g/mol. The molecular formula is C17H33N3O. The molecule has 2 aliphatic rings. The molecule has 4 heteroatoms. The fraction of sp³-hybridized carbons (Fsp3) is 0.941. The molecule has 2 fully saturated rings. The second-order valence-corrected chi connectivity index (χ2v) is 8.14. The lowest BCUT2D eigenvalue weighted by Gasteiger charge is -2.42. The van der Waals surface area contributed by atoms with Gasteiger partial charge in [-0.15, -0.1) is 0 Å². The average molecular weight is 295 g/mol. The lowest BCUT2D eigenvalue weighted by Crippen LogP contribution is -2.54. The Labute approximate surface area is 130 Å². The minimum Gasteiger partial charge on any atom is -0.353 e. The summed E-state index contributed by atoms with van der Waals surface area (Å²) in [5.74, 6) is 0.666. The third kappa shape index (κ3) is 3.59. The van der Waals surface area contributed by atoms with E-state index in [-0.39, 0.29) is 16.9 Å². The van der Waals surface area contributed by atoms with Crippen molar-refractivity contribution in [3.63, 3.8) is 0 Å². The molecule has 21 heavy (non-hydrogen) atoms. The van der Waals surface area contributed by atoms with Crippen LogP contribution in [-0.2, 0) is 4.79 Å². The fourth-order valence-electron chi connectivity index (χ4n) is 3.68. The molecule has 0 spiro atoms. The van der Waals surface area contributed by atoms with E-state index in [2.05, 4.69) is 50.2 Å². The molecule has 0 aromatic carbocycles. The highest BCUT2D eigenvalue weighted by atomic mass is 16.2. The Bertz CT molecular complexity index is 359. The van der Waals surface area contributed by atoms with Crippen molar-refractivity contribution in [2.45, 2.75) is 65.5 Å². The minimum absolute atomic E-state index is 0.193. The molecule has 0 radical (unpaired) electrons. The Hall–Kier alpha value is -0.610. The molecule has 0 saturated carbocycles. The summed E-state index contributed by atoms with van der Waals surface area (Å²) >= 11 is 0. The predicted octanol–water partition coefficient (Wildman–Crippen LogP) is 2.00. The van der Waals surface area contributed by atoms with Crippen LogP contribution in [0.5, 0.6) is 0 Å². The summed E-state index contributed by atoms with van der Waals surface area (Å²) in [6, 6.07) is 0.354. The highest BCUT2D eigenvalue weighted by molar-refractivity contribution is 5.83. The van der Waals surface area contributed by atoms with Crippen molar-refractivity contribution in [2.75, 3.05) is 26.2 Å². The molecule has 0 bridgehead atoms. The Morgan fingerprint density at radius 2 is 1.90 bits per heavy atom. The number of amides is 1. The Balaban J connectivity index is 1.90. The van der Waals surface area contributed by atoms with Gasteiger partial charge in [-0.25, -0.2) is 0 Å². The number of rotatable bonds is 3. The van der Waals surface area contributed by atoms with Crippen LogP contribution in [0.2, 0.25) is 0 Å². The quantitative estimate of drug-likeness (QED) is 0.837. The van der Waals surface area contributed by atoms with Crippen LogP contribution in [0.15, 0.2) is 0 Å². The zero-order valence-corrected chi connectivity index (χ0v) is 14.5. The first-order chi connectivity index (χ1) is 9.75. The van der Waals surface area contributed by atoms with Gasteiger partial charge >= 0.3 is 0 Å². The molecule has 4 nitrogen and oxygen atoms in total. The molecule has 1 unspecified atom stereocenters. The van der Waals surface area contributed by atoms with Gasteiger partial charge in [0.1, 0.15) is 0 Å². The van der Waals surface area contributed by atoms with Crippen molar-refractivity contribution in [2.24, 2.45) is 11.3 Å². The van der Waals surface area contributed by atoms with Crippen molar-refractivity contribution in [1.82, 2.24) is 15.5 Å². The molecule has 1 amide bonds. The maximum absolute atomic E-state index is 12.8. The Morgan fingerprint density at radius 3 is 2.33 bits per heavy atom. The third-order valence-corrected chi connectivity index (χ3v) is 5.52. The second kappa shape index (κ2) is 6.25. The third-order valence-electron chi connectivity index (χ3n) is 5.52. The molecule has 2 heterocycles. The lowest BCUT2D eigenvalue weighted by atomic mass is 9.75. The molecule has 2 rings (SSSR count). The van der Waals surface area contributed by atoms with Crippen LogP contribution in [0.4, 0.5) is 0 Å². The molecule has 2 N–H and O–H groups in total. The van der Waals surface area contributed by atoms with Gasteiger partial charge in [-0.1, -0.05) is 13.8 Å². The summed E-state index contributed by atoms with van der Waals surface area (Å²) in [5, 5.41) is 6.72. The first-order valence-corrected chi connectivity index (χ1v) is 8.52. The summed E-state index contributed by atoms with van der Waals surface area (Å²) in [5.41, 5.74) is 0.0463. The molecule has 2 saturated heterocycles. The summed E-state index contributed by atoms with van der Waals surface area (Å²) in [4.78, 5) is 15.3. The molecule has 122 valence electrons. The molecule has 0 aromatic rings. The number of nitrogens with zero attached hydrogens (tertiary/aromatic N) is 1. The minimum atomic E-state index is -0.193. The van der Waals surface area contributed by atoms with Crippen LogP contribution in [0.3, 0.4) is 0 Å². The number of likely N-dealkylation sites (tertiary alicyclic amines) is 1. The summed E-state index contributed by atoms with van der Waals surface area (Å²) in [6.45, 7) is 15.1. The predicted molar refractivity (Wildman–Crippen MR) is 87.2 cm³/mol. The van der Waals surface area contributed by atoms with E-state index in [1.54, 1.807) is 0 Å². The molecular weight excluding hydrogens is 262 g/mol. The first kappa shape index (κ1) is 16.8. The maximum Gasteiger partial charge on any atom is 0.228 e. The van der Waals surface area contributed by atoms with Crippen LogP contribution in [0.25, 0.3) is 0 Å². The van der Waals surface area contributed by atoms with E-state index in [1.807, 2.05) is 0 Å². The van der Waals surface area contributed by atoms with E-state index in [4.69, 9.17) is 0 Å². The summed E-state index contributed by atoms with van der Waals surface area (Å²) < 4.78 is 0. The van der Waals surface area contributed by atoms with Crippen LogP contribution in [-0.4, -0.2) is 48.6 Å². The van der Waals surface area contributed by atoms with Crippen molar-refractivity contribution in [1.29, 1.82) is 0 Å². The number of carbonyl (C=O) groups is 1. The van der Waals surface area contributed by atoms with Gasteiger partial charge in [-0.05, 0) is 52.5 Å². The fourth-order valence-corrected chi connectivity index (χ4v) is 3.68. The number of piperidine rings is 1. The lowest BCUT2D eigenvalue weighted by molar-refractivity contribution is -0.133. The number of hydrogen-bond donors (Lipinski definition) is 2. The first-order valence-electron chi connectivity index (χ1n) is 8.52. The number of nitrogens with one attached hydrogen (secondary N) is 2. The Morgan fingerprint density at radius 1 is 1.29 bits per heavy atom. The van der Waals surface area contributed by atoms with Crippen LogP contribution >= 0.6 is 0 Å². The zero-order valence-electron chi connectivity index (χ0n) is 14.5. The van der Waals surface area contributed by atoms with Gasteiger partial charge in [-0.3, -0.25) is 9.69 Å². The maximum atomic E-state index is 12.8. The SMILES string of the molecule is CC(C)C1(C(=O)NC2CCN(C(C)(C)C)CC2)CCNC1. The number of carbonyl (C=O) groups excluding carboxylic acids is 1. The largest absolute Gasteiger partial charge is 0.353 e. The van der Waals surface area contributed by atoms with E-state index < -0.39 is 0 Å². The van der Waals surface area contributed by atoms with E-state index in [9.17, 15) is 4.79 Å². The standard InChI is InChI=1S/C17H33N3O/c1-13(2)17(8-9-18-12-17)15(21)19-14-6-10-20(11-7-14)16(3,4)5/h13-14,18H,6-12H2,1-5H3,(H,19,21). The van der Waals surface area contributed by atoms with Crippen molar-refractivity contribution in [3.8, 4) is 0 Å². The van der Waals surface area contributed by atoms with Gasteiger partial charge in [0.05, 0.1) is 5.41 Å². The van der Waals surface area contributed by atoms with E-state index in [1.165, 1.54) is 0 Å². The zero-order chi connectivity index (χ0) is 15.7. The molecule has 2 aliphatic heterocycles. The summed E-state index contributed by atoms with van der Waals surface area (Å²) in [6.07, 6.45) is 3.12. The number of hydrogen-bond acceptors (Lipinski definition) is 3. The van der Waals surface area contributed by atoms with Crippen molar-refractivity contribution < 1.29 is 4.79 Å². The Kier molecular flexibility index (Phi) is 4.99. The normalized spacial score (nSPS) is 29.0. The summed E-state index contributed by atoms with van der Waals surface area (Å²) in [7, 11) is 0. The smallest absolute Gasteiger partial charge is 0.228 e. The van der Waals surface area contributed by atoms with Gasteiger partial charge in [0, 0.05) is 31.2 Å². The van der Waals surface area contributed by atoms with Gasteiger partial charge in [-0.2, -0.15) is 0 Å². The van der Waals surface area contributed by atoms with Crippen LogP contribution < -0.4 is 10.6 Å². The van der Waals surface area contributed by atoms with Crippen LogP contribution in [0, 0.1) is 11.3 Å². The average Bonchev–Trinajstić information content (AvgIpc) is 2.89. The van der Waals surface area contributed by atoms with Gasteiger partial charge in [0.2, 0.25) is 5.91 Å². The second-order valence-electron chi connectivity index (χ2n) is 8.14. The highest BCUT2D eigenvalue weighted by Crippen LogP contribution is 2.34. The van der Waals surface area contributed by atoms with E-state index in [0.717, 1.165) is 45.4 Å². The van der Waals surface area contributed by atoms with Crippen LogP contribution in [0.1, 0.15) is 53.9 Å². The van der Waals surface area contributed by atoms with E-state index >= 15 is 0 Å². The van der Waals surface area contributed by atoms with E-state index in [0.29, 0.717) is 12.0 Å². The molecule has 0 aliphatic carbocycles. The van der Waals surface area contributed by atoms with Crippen molar-refractivity contribution >= 4 is 5.91 Å². The topological polar surface area (TPSA) is 44.4 Å². The van der Waals surface area contributed by atoms with Crippen molar-refractivity contribution in [3.05, 3.63) is 0 Å². The van der Waals surface area contributed by atoms with Gasteiger partial charge in [0.15, 0.2) is 0 Å². The molecule has 1 atom stereocenters. The highest BCUT2D eigenvalue weighted by Gasteiger charge is 2.44. The molecule has 0 aromatic heterocycles.